The number of carbonyl (C=O) groups excluding carboxylic acids is 1. The number of carbonyl (C=O) groups is 1. The lowest BCUT2D eigenvalue weighted by molar-refractivity contribution is -0.115. The summed E-state index contributed by atoms with van der Waals surface area (Å²) in [7, 11) is 1.79. The van der Waals surface area contributed by atoms with Crippen LogP contribution in [0.5, 0.6) is 0 Å². The molecule has 1 amide bonds. The van der Waals surface area contributed by atoms with Crippen LogP contribution in [-0.2, 0) is 18.3 Å². The van der Waals surface area contributed by atoms with Gasteiger partial charge in [0.25, 0.3) is 5.56 Å². The lowest BCUT2D eigenvalue weighted by Crippen LogP contribution is -2.28. The van der Waals surface area contributed by atoms with E-state index < -0.39 is 0 Å². The van der Waals surface area contributed by atoms with E-state index in [2.05, 4.69) is 15.4 Å². The number of benzene rings is 2. The van der Waals surface area contributed by atoms with Gasteiger partial charge in [-0.15, -0.1) is 5.10 Å². The molecule has 1 N–H and O–H groups in total. The van der Waals surface area contributed by atoms with Crippen molar-refractivity contribution in [3.8, 4) is 11.4 Å². The lowest BCUT2D eigenvalue weighted by atomic mass is 10.1. The van der Waals surface area contributed by atoms with Crippen LogP contribution in [-0.4, -0.2) is 25.1 Å². The van der Waals surface area contributed by atoms with Gasteiger partial charge in [0.05, 0.1) is 17.1 Å². The van der Waals surface area contributed by atoms with Crippen molar-refractivity contribution in [3.63, 3.8) is 0 Å². The molecular formula is C21H18ClN5O2. The highest BCUT2D eigenvalue weighted by molar-refractivity contribution is 6.33. The zero-order valence-corrected chi connectivity index (χ0v) is 16.6. The minimum Gasteiger partial charge on any atom is -0.324 e. The molecule has 0 unspecified atom stereocenters. The second kappa shape index (κ2) is 7.52. The SMILES string of the molecule is Cc1c(CC(=O)Nc2ccccc2Cl)c(=O)n2nc(-c3ccccc3)nc2n1C. The van der Waals surface area contributed by atoms with E-state index in [1.165, 1.54) is 4.52 Å². The van der Waals surface area contributed by atoms with E-state index in [-0.39, 0.29) is 17.9 Å². The Labute approximate surface area is 171 Å². The summed E-state index contributed by atoms with van der Waals surface area (Å²) in [5.41, 5.74) is 1.96. The van der Waals surface area contributed by atoms with Gasteiger partial charge in [-0.1, -0.05) is 54.1 Å². The molecule has 4 aromatic rings. The van der Waals surface area contributed by atoms with Gasteiger partial charge in [0.1, 0.15) is 0 Å². The summed E-state index contributed by atoms with van der Waals surface area (Å²) in [6.07, 6.45) is -0.0970. The van der Waals surface area contributed by atoms with Gasteiger partial charge in [0, 0.05) is 23.9 Å². The number of nitrogens with one attached hydrogen (secondary N) is 1. The molecule has 0 aliphatic rings. The maximum Gasteiger partial charge on any atom is 0.279 e. The number of para-hydroxylation sites is 1. The van der Waals surface area contributed by atoms with Crippen molar-refractivity contribution in [2.45, 2.75) is 13.3 Å². The second-order valence-corrected chi connectivity index (χ2v) is 7.05. The molecule has 0 bridgehead atoms. The van der Waals surface area contributed by atoms with Crippen molar-refractivity contribution in [3.05, 3.63) is 81.2 Å². The largest absolute Gasteiger partial charge is 0.324 e. The fraction of sp³-hybridized carbons (Fsp3) is 0.143. The number of nitrogens with zero attached hydrogens (tertiary/aromatic N) is 4. The van der Waals surface area contributed by atoms with Crippen LogP contribution in [0.4, 0.5) is 5.69 Å². The smallest absolute Gasteiger partial charge is 0.279 e. The summed E-state index contributed by atoms with van der Waals surface area (Å²) in [5.74, 6) is 0.540. The minimum absolute atomic E-state index is 0.0970. The first-order valence-electron chi connectivity index (χ1n) is 9.00. The van der Waals surface area contributed by atoms with E-state index in [1.54, 1.807) is 42.8 Å². The Kier molecular flexibility index (Phi) is 4.90. The summed E-state index contributed by atoms with van der Waals surface area (Å²) in [5, 5.41) is 7.55. The number of aromatic nitrogens is 4. The van der Waals surface area contributed by atoms with E-state index in [4.69, 9.17) is 11.6 Å². The highest BCUT2D eigenvalue weighted by Gasteiger charge is 2.19. The Morgan fingerprint density at radius 2 is 1.79 bits per heavy atom. The lowest BCUT2D eigenvalue weighted by Gasteiger charge is -2.12. The topological polar surface area (TPSA) is 81.3 Å². The summed E-state index contributed by atoms with van der Waals surface area (Å²) in [6.45, 7) is 1.79. The molecule has 2 aromatic carbocycles. The van der Waals surface area contributed by atoms with Crippen LogP contribution in [0.1, 0.15) is 11.3 Å². The normalized spacial score (nSPS) is 11.0. The predicted octanol–water partition coefficient (Wildman–Crippen LogP) is 3.24. The highest BCUT2D eigenvalue weighted by Crippen LogP contribution is 2.21. The van der Waals surface area contributed by atoms with Crippen LogP contribution in [0.25, 0.3) is 17.2 Å². The molecule has 0 aliphatic heterocycles. The molecule has 8 heteroatoms. The van der Waals surface area contributed by atoms with E-state index in [9.17, 15) is 9.59 Å². The number of anilines is 1. The Hall–Kier alpha value is -3.45. The van der Waals surface area contributed by atoms with E-state index in [0.717, 1.165) is 5.56 Å². The van der Waals surface area contributed by atoms with Crippen molar-refractivity contribution in [1.82, 2.24) is 19.2 Å². The fourth-order valence-corrected chi connectivity index (χ4v) is 3.31. The summed E-state index contributed by atoms with van der Waals surface area (Å²) < 4.78 is 3.01. The van der Waals surface area contributed by atoms with Crippen LogP contribution in [0, 0.1) is 6.92 Å². The van der Waals surface area contributed by atoms with Gasteiger partial charge in [-0.25, -0.2) is 0 Å². The molecule has 146 valence electrons. The molecule has 4 rings (SSSR count). The molecule has 0 saturated carbocycles. The highest BCUT2D eigenvalue weighted by atomic mass is 35.5. The van der Waals surface area contributed by atoms with Gasteiger partial charge in [0.15, 0.2) is 5.82 Å². The number of amides is 1. The van der Waals surface area contributed by atoms with Gasteiger partial charge >= 0.3 is 0 Å². The number of rotatable bonds is 4. The number of halogens is 1. The van der Waals surface area contributed by atoms with Crippen LogP contribution in [0.2, 0.25) is 5.02 Å². The molecule has 0 spiro atoms. The molecule has 0 atom stereocenters. The quantitative estimate of drug-likeness (QED) is 0.563. The Morgan fingerprint density at radius 3 is 2.52 bits per heavy atom. The minimum atomic E-state index is -0.361. The zero-order chi connectivity index (χ0) is 20.5. The van der Waals surface area contributed by atoms with Crippen molar-refractivity contribution in [2.24, 2.45) is 7.05 Å². The van der Waals surface area contributed by atoms with Crippen molar-refractivity contribution >= 4 is 29.0 Å². The van der Waals surface area contributed by atoms with Crippen molar-refractivity contribution in [2.75, 3.05) is 5.32 Å². The first kappa shape index (κ1) is 18.9. The van der Waals surface area contributed by atoms with Gasteiger partial charge in [-0.2, -0.15) is 9.50 Å². The predicted molar refractivity (Wildman–Crippen MR) is 112 cm³/mol. The molecule has 7 nitrogen and oxygen atoms in total. The van der Waals surface area contributed by atoms with Crippen LogP contribution in [0.3, 0.4) is 0 Å². The van der Waals surface area contributed by atoms with Crippen molar-refractivity contribution in [1.29, 1.82) is 0 Å². The van der Waals surface area contributed by atoms with Crippen molar-refractivity contribution < 1.29 is 4.79 Å². The molecule has 0 saturated heterocycles. The first-order chi connectivity index (χ1) is 14.0. The van der Waals surface area contributed by atoms with E-state index in [1.807, 2.05) is 30.3 Å². The van der Waals surface area contributed by atoms with Gasteiger partial charge in [0.2, 0.25) is 11.7 Å². The Balaban J connectivity index is 1.72. The third-order valence-corrected chi connectivity index (χ3v) is 5.13. The maximum atomic E-state index is 13.0. The molecule has 0 fully saturated rings. The maximum absolute atomic E-state index is 13.0. The Morgan fingerprint density at radius 1 is 1.10 bits per heavy atom. The number of hydrogen-bond acceptors (Lipinski definition) is 4. The molecular weight excluding hydrogens is 390 g/mol. The molecule has 2 heterocycles. The number of aryl methyl sites for hydroxylation is 1. The van der Waals surface area contributed by atoms with Gasteiger partial charge in [-0.3, -0.25) is 9.59 Å². The third kappa shape index (κ3) is 3.52. The van der Waals surface area contributed by atoms with E-state index >= 15 is 0 Å². The van der Waals surface area contributed by atoms with Crippen LogP contribution in [0.15, 0.2) is 59.4 Å². The van der Waals surface area contributed by atoms with Crippen LogP contribution < -0.4 is 10.9 Å². The summed E-state index contributed by atoms with van der Waals surface area (Å²) in [6, 6.07) is 16.4. The first-order valence-corrected chi connectivity index (χ1v) is 9.38. The third-order valence-electron chi connectivity index (χ3n) is 4.80. The average molecular weight is 408 g/mol. The average Bonchev–Trinajstić information content (AvgIpc) is 3.18. The summed E-state index contributed by atoms with van der Waals surface area (Å²) >= 11 is 6.10. The van der Waals surface area contributed by atoms with Gasteiger partial charge in [-0.05, 0) is 19.1 Å². The molecule has 29 heavy (non-hydrogen) atoms. The number of fused-ring (bicyclic) bond motifs is 1. The Bertz CT molecular complexity index is 1280. The standard InChI is InChI=1S/C21H18ClN5O2/c1-13-15(12-18(28)23-17-11-7-6-10-16(17)22)20(29)27-21(26(13)2)24-19(25-27)14-8-4-3-5-9-14/h3-11H,12H2,1-2H3,(H,23,28). The molecule has 0 aliphatic carbocycles. The van der Waals surface area contributed by atoms with Crippen LogP contribution >= 0.6 is 11.6 Å². The van der Waals surface area contributed by atoms with Gasteiger partial charge < -0.3 is 9.88 Å². The molecule has 2 aromatic heterocycles. The monoisotopic (exact) mass is 407 g/mol. The second-order valence-electron chi connectivity index (χ2n) is 6.65. The zero-order valence-electron chi connectivity index (χ0n) is 15.9. The number of hydrogen-bond donors (Lipinski definition) is 1. The molecule has 0 radical (unpaired) electrons. The van der Waals surface area contributed by atoms with E-state index in [0.29, 0.717) is 33.6 Å². The summed E-state index contributed by atoms with van der Waals surface area (Å²) in [4.78, 5) is 30.1. The fourth-order valence-electron chi connectivity index (χ4n) is 3.12.